The summed E-state index contributed by atoms with van der Waals surface area (Å²) in [6, 6.07) is 6.08. The van der Waals surface area contributed by atoms with Crippen LogP contribution in [0.4, 0.5) is 0 Å². The number of amides is 11. The van der Waals surface area contributed by atoms with Crippen molar-refractivity contribution < 1.29 is 82.4 Å². The number of hydrogen-bond acceptors (Lipinski definition) is 16. The van der Waals surface area contributed by atoms with E-state index in [0.717, 1.165) is 21.8 Å². The number of guanidine groups is 1. The summed E-state index contributed by atoms with van der Waals surface area (Å²) < 4.78 is 0. The molecule has 5 aromatic rings. The number of nitrogens with two attached hydrogens (primary N) is 3. The molecule has 12 atom stereocenters. The number of likely N-dealkylation sites (tertiary alicyclic amines) is 1. The Morgan fingerprint density at radius 3 is 1.40 bits per heavy atom. The van der Waals surface area contributed by atoms with E-state index in [0.29, 0.717) is 23.1 Å². The maximum atomic E-state index is 15.2. The zero-order valence-corrected chi connectivity index (χ0v) is 62.6. The lowest BCUT2D eigenvalue weighted by atomic mass is 9.99. The molecule has 0 saturated carbocycles. The first-order valence-electron chi connectivity index (χ1n) is 36.5. The number of aliphatic imine (C=N–C) groups is 1. The molecular formula is C75H105N17O17. The van der Waals surface area contributed by atoms with Gasteiger partial charge in [0.15, 0.2) is 5.96 Å². The summed E-state index contributed by atoms with van der Waals surface area (Å²) in [7, 11) is 0. The number of aliphatic carboxylic acids is 3. The third-order valence-corrected chi connectivity index (χ3v) is 18.3. The lowest BCUT2D eigenvalue weighted by Gasteiger charge is -2.31. The number of carboxylic acids is 3. The van der Waals surface area contributed by atoms with Gasteiger partial charge in [0, 0.05) is 73.0 Å². The summed E-state index contributed by atoms with van der Waals surface area (Å²) >= 11 is 0. The molecule has 0 radical (unpaired) electrons. The van der Waals surface area contributed by atoms with Crippen LogP contribution in [0.5, 0.6) is 0 Å². The van der Waals surface area contributed by atoms with E-state index in [2.05, 4.69) is 68.1 Å². The average Bonchev–Trinajstić information content (AvgIpc) is 1.71. The van der Waals surface area contributed by atoms with Crippen LogP contribution in [0.3, 0.4) is 0 Å². The Kier molecular flexibility index (Phi) is 33.0. The molecule has 6 rings (SSSR count). The Labute approximate surface area is 630 Å². The smallest absolute Gasteiger partial charge is 0.326 e. The molecule has 0 spiro atoms. The van der Waals surface area contributed by atoms with Crippen molar-refractivity contribution in [3.63, 3.8) is 0 Å². The number of nitrogens with zero attached hydrogens (tertiary/aromatic N) is 2. The van der Waals surface area contributed by atoms with Gasteiger partial charge in [0.25, 0.3) is 0 Å². The Morgan fingerprint density at radius 1 is 0.477 bits per heavy atom. The number of benzene rings is 3. The van der Waals surface area contributed by atoms with E-state index in [1.54, 1.807) is 96.4 Å². The Bertz CT molecular complexity index is 4060. The second-order valence-electron chi connectivity index (χ2n) is 28.8. The van der Waals surface area contributed by atoms with Crippen molar-refractivity contribution >= 4 is 111 Å². The zero-order valence-electron chi connectivity index (χ0n) is 62.6. The Balaban J connectivity index is 1.16. The van der Waals surface area contributed by atoms with Crippen LogP contribution in [0.1, 0.15) is 136 Å². The molecule has 1 fully saturated rings. The van der Waals surface area contributed by atoms with Crippen LogP contribution in [0.2, 0.25) is 0 Å². The average molecular weight is 1520 g/mol. The number of carbonyl (C=O) groups is 14. The lowest BCUT2D eigenvalue weighted by molar-refractivity contribution is -0.142. The van der Waals surface area contributed by atoms with Gasteiger partial charge in [-0.05, 0) is 112 Å². The number of carbonyl (C=O) groups excluding carboxylic acids is 11. The van der Waals surface area contributed by atoms with Gasteiger partial charge in [-0.1, -0.05) is 108 Å². The van der Waals surface area contributed by atoms with Gasteiger partial charge < -0.3 is 101 Å². The standard InChI is InChI=1S/C75H105N17O17/c1-39(2)30-54(90-72(106)60-25-17-29-92(60)73(107)59(35-46-38-81-51-23-15-13-21-48(46)51)91-71(105)58(88-65(99)49(76)36-62(95)96)34-45-37-80-50-22-14-12-20-47(45)50)67(101)83-43(8)64(98)87-57(33-44-18-10-9-11-19-44)70(104)84-52(26-27-61(93)94)66(100)82-42(7)63(97)86-55(31-40(3)4)69(103)89-56(32-41(5)6)68(102)85-53(74(108)109)24-16-28-79-75(77)78/h9-15,18-23,37-43,49,52-60,80-81H,16-17,24-36,76H2,1-8H3,(H,82,100)(H,83,101)(H,84,104)(H,85,102)(H,86,97)(H,87,98)(H,88,99)(H,89,103)(H,90,106)(H,91,105)(H,93,94)(H,95,96)(H,108,109)(H4,77,78,79)/t42-,43-,49-,52-,53-,54-,55-,56-,57-,58-,59-,60-/m1/s1. The van der Waals surface area contributed by atoms with Gasteiger partial charge in [0.2, 0.25) is 65.0 Å². The van der Waals surface area contributed by atoms with Gasteiger partial charge >= 0.3 is 17.9 Å². The van der Waals surface area contributed by atoms with E-state index >= 15 is 4.79 Å². The molecule has 0 unspecified atom stereocenters. The first kappa shape index (κ1) is 86.5. The normalized spacial score (nSPS) is 15.8. The van der Waals surface area contributed by atoms with Crippen molar-refractivity contribution in [2.45, 2.75) is 211 Å². The fraction of sp³-hybridized carbons (Fsp3) is 0.507. The molecule has 11 amide bonds. The predicted molar refractivity (Wildman–Crippen MR) is 403 cm³/mol. The minimum atomic E-state index is -1.65. The molecular weight excluding hydrogens is 1410 g/mol. The second kappa shape index (κ2) is 41.6. The van der Waals surface area contributed by atoms with Crippen LogP contribution in [0.15, 0.2) is 96.2 Å². The van der Waals surface area contributed by atoms with Crippen LogP contribution >= 0.6 is 0 Å². The van der Waals surface area contributed by atoms with Crippen LogP contribution < -0.4 is 70.4 Å². The van der Waals surface area contributed by atoms with Gasteiger partial charge in [-0.3, -0.25) is 67.3 Å². The highest BCUT2D eigenvalue weighted by atomic mass is 16.4. The quantitative estimate of drug-likeness (QED) is 0.0143. The van der Waals surface area contributed by atoms with E-state index < -0.39 is 175 Å². The van der Waals surface area contributed by atoms with Crippen molar-refractivity contribution in [2.24, 2.45) is 39.9 Å². The number of aromatic nitrogens is 2. The lowest BCUT2D eigenvalue weighted by Crippen LogP contribution is -2.60. The summed E-state index contributed by atoms with van der Waals surface area (Å²) in [5, 5.41) is 56.8. The highest BCUT2D eigenvalue weighted by Crippen LogP contribution is 2.25. The minimum absolute atomic E-state index is 0.0288. The van der Waals surface area contributed by atoms with E-state index in [4.69, 9.17) is 17.2 Å². The molecule has 21 N–H and O–H groups in total. The topological polar surface area (TPSA) is 545 Å². The number of aromatic amines is 2. The SMILES string of the molecule is CC(C)C[C@@H](NC(=O)[C@H]1CCCN1C(=O)[C@@H](Cc1c[nH]c2ccccc12)NC(=O)[C@@H](Cc1c[nH]c2ccccc12)NC(=O)[C@H](N)CC(=O)O)C(=O)N[C@H](C)C(=O)N[C@H](Cc1ccccc1)C(=O)N[C@H](CCC(=O)O)C(=O)N[C@H](C)C(=O)N[C@H](CC(C)C)C(=O)N[C@H](CC(C)C)C(=O)N[C@H](CCCN=C(N)N)C(=O)O. The minimum Gasteiger partial charge on any atom is -0.481 e. The van der Waals surface area contributed by atoms with E-state index in [-0.39, 0.29) is 94.6 Å². The molecule has 34 heteroatoms. The molecule has 3 heterocycles. The van der Waals surface area contributed by atoms with Crippen LogP contribution in [-0.4, -0.2) is 205 Å². The van der Waals surface area contributed by atoms with E-state index in [9.17, 15) is 77.6 Å². The summed E-state index contributed by atoms with van der Waals surface area (Å²) in [6.07, 6.45) is 1.75. The third kappa shape index (κ3) is 27.1. The molecule has 0 aliphatic carbocycles. The summed E-state index contributed by atoms with van der Waals surface area (Å²) in [5.74, 6) is -14.3. The van der Waals surface area contributed by atoms with Gasteiger partial charge in [0.05, 0.1) is 12.5 Å². The van der Waals surface area contributed by atoms with Crippen molar-refractivity contribution in [3.8, 4) is 0 Å². The monoisotopic (exact) mass is 1520 g/mol. The maximum Gasteiger partial charge on any atom is 0.326 e. The van der Waals surface area contributed by atoms with E-state index in [1.807, 2.05) is 36.4 Å². The fourth-order valence-corrected chi connectivity index (χ4v) is 12.7. The summed E-state index contributed by atoms with van der Waals surface area (Å²) in [5.41, 5.74) is 19.9. The first-order valence-corrected chi connectivity index (χ1v) is 36.5. The van der Waals surface area contributed by atoms with Crippen molar-refractivity contribution in [1.29, 1.82) is 0 Å². The molecule has 2 aromatic heterocycles. The van der Waals surface area contributed by atoms with Crippen molar-refractivity contribution in [1.82, 2.24) is 68.0 Å². The molecule has 592 valence electrons. The molecule has 3 aromatic carbocycles. The highest BCUT2D eigenvalue weighted by molar-refractivity contribution is 6.00. The number of para-hydroxylation sites is 2. The number of hydrogen-bond donors (Lipinski definition) is 18. The number of nitrogens with one attached hydrogen (secondary N) is 12. The van der Waals surface area contributed by atoms with Gasteiger partial charge in [-0.25, -0.2) is 4.79 Å². The molecule has 1 aliphatic rings. The molecule has 34 nitrogen and oxygen atoms in total. The van der Waals surface area contributed by atoms with Crippen LogP contribution in [0, 0.1) is 17.8 Å². The first-order chi connectivity index (χ1) is 51.6. The van der Waals surface area contributed by atoms with Gasteiger partial charge in [0.1, 0.15) is 66.5 Å². The Morgan fingerprint density at radius 2 is 0.899 bits per heavy atom. The van der Waals surface area contributed by atoms with Crippen molar-refractivity contribution in [2.75, 3.05) is 13.1 Å². The third-order valence-electron chi connectivity index (χ3n) is 18.3. The molecule has 109 heavy (non-hydrogen) atoms. The largest absolute Gasteiger partial charge is 0.481 e. The fourth-order valence-electron chi connectivity index (χ4n) is 12.7. The molecule has 1 aliphatic heterocycles. The van der Waals surface area contributed by atoms with Gasteiger partial charge in [-0.15, -0.1) is 0 Å². The van der Waals surface area contributed by atoms with Gasteiger partial charge in [-0.2, -0.15) is 0 Å². The maximum absolute atomic E-state index is 15.2. The Hall–Kier alpha value is -11.4. The summed E-state index contributed by atoms with van der Waals surface area (Å²) in [4.78, 5) is 204. The van der Waals surface area contributed by atoms with Crippen molar-refractivity contribution in [3.05, 3.63) is 108 Å². The van der Waals surface area contributed by atoms with E-state index in [1.165, 1.54) is 18.7 Å². The number of rotatable bonds is 43. The molecule has 0 bridgehead atoms. The number of fused-ring (bicyclic) bond motifs is 2. The predicted octanol–water partition coefficient (Wildman–Crippen LogP) is 0.499. The van der Waals surface area contributed by atoms with Crippen LogP contribution in [0.25, 0.3) is 21.8 Å². The highest BCUT2D eigenvalue weighted by Gasteiger charge is 2.42. The second-order valence-corrected chi connectivity index (χ2v) is 28.8. The summed E-state index contributed by atoms with van der Waals surface area (Å²) in [6.45, 7) is 13.4. The van der Waals surface area contributed by atoms with Crippen LogP contribution in [-0.2, 0) is 86.4 Å². The zero-order chi connectivity index (χ0) is 80.3. The number of carboxylic acid groups (broad SMARTS) is 3. The number of H-pyrrole nitrogens is 2. The molecule has 1 saturated heterocycles.